The average molecular weight is 1700 g/mol. The lowest BCUT2D eigenvalue weighted by atomic mass is 9.70. The summed E-state index contributed by atoms with van der Waals surface area (Å²) in [5, 5.41) is 21.1. The summed E-state index contributed by atoms with van der Waals surface area (Å²) in [6.45, 7) is 0. The lowest BCUT2D eigenvalue weighted by Crippen LogP contribution is -2.25. The molecule has 0 radical (unpaired) electrons. The van der Waals surface area contributed by atoms with Crippen molar-refractivity contribution in [2.75, 3.05) is 0 Å². The van der Waals surface area contributed by atoms with Crippen molar-refractivity contribution < 1.29 is 0 Å². The number of fused-ring (bicyclic) bond motifs is 41. The molecular formula is C128H76N6. The van der Waals surface area contributed by atoms with E-state index in [1.165, 1.54) is 231 Å². The molecule has 0 fully saturated rings. The van der Waals surface area contributed by atoms with Crippen molar-refractivity contribution in [1.29, 1.82) is 0 Å². The Hall–Kier alpha value is -17.7. The Balaban J connectivity index is 0.0000000991. The first-order chi connectivity index (χ1) is 66.4. The minimum Gasteiger partial charge on any atom is -0.292 e. The lowest BCUT2D eigenvalue weighted by molar-refractivity contribution is 0.794. The third-order valence-electron chi connectivity index (χ3n) is 29.4. The van der Waals surface area contributed by atoms with Gasteiger partial charge in [-0.25, -0.2) is 15.0 Å². The van der Waals surface area contributed by atoms with E-state index in [1.54, 1.807) is 0 Å². The number of imidazole rings is 3. The van der Waals surface area contributed by atoms with Crippen LogP contribution in [0.5, 0.6) is 0 Å². The van der Waals surface area contributed by atoms with Gasteiger partial charge in [-0.1, -0.05) is 352 Å². The molecule has 0 unspecified atom stereocenters. The fourth-order valence-corrected chi connectivity index (χ4v) is 23.4. The third-order valence-corrected chi connectivity index (χ3v) is 29.4. The molecule has 28 aromatic rings. The van der Waals surface area contributed by atoms with Gasteiger partial charge in [0.2, 0.25) is 0 Å². The van der Waals surface area contributed by atoms with Gasteiger partial charge in [0.15, 0.2) is 0 Å². The molecule has 0 saturated heterocycles. The highest BCUT2D eigenvalue weighted by molar-refractivity contribution is 6.26. The van der Waals surface area contributed by atoms with Crippen molar-refractivity contribution in [2.45, 2.75) is 5.41 Å². The zero-order valence-corrected chi connectivity index (χ0v) is 72.6. The van der Waals surface area contributed by atoms with Gasteiger partial charge in [-0.15, -0.1) is 0 Å². The number of hydrogen-bond acceptors (Lipinski definition) is 3. The van der Waals surface area contributed by atoms with Crippen molar-refractivity contribution in [3.8, 4) is 100 Å². The van der Waals surface area contributed by atoms with E-state index in [0.29, 0.717) is 0 Å². The van der Waals surface area contributed by atoms with E-state index in [2.05, 4.69) is 474 Å². The summed E-state index contributed by atoms with van der Waals surface area (Å²) in [7, 11) is 0. The molecule has 6 heterocycles. The molecule has 1 spiro atoms. The largest absolute Gasteiger partial charge is 0.292 e. The van der Waals surface area contributed by atoms with E-state index < -0.39 is 0 Å². The maximum absolute atomic E-state index is 5.18. The summed E-state index contributed by atoms with van der Waals surface area (Å²) >= 11 is 0. The van der Waals surface area contributed by atoms with Crippen molar-refractivity contribution >= 4 is 158 Å². The Morgan fingerprint density at radius 1 is 0.149 bits per heavy atom. The Bertz CT molecular complexity index is 9890. The minimum absolute atomic E-state index is 0.362. The Morgan fingerprint density at radius 2 is 0.507 bits per heavy atom. The highest BCUT2D eigenvalue weighted by Gasteiger charge is 2.51. The Labute approximate surface area is 769 Å². The zero-order valence-electron chi connectivity index (χ0n) is 72.6. The first-order valence-electron chi connectivity index (χ1n) is 46.3. The lowest BCUT2D eigenvalue weighted by Gasteiger charge is -2.30. The molecule has 0 amide bonds. The van der Waals surface area contributed by atoms with Gasteiger partial charge in [0.05, 0.1) is 55.1 Å². The van der Waals surface area contributed by atoms with E-state index in [-0.39, 0.29) is 5.41 Å². The van der Waals surface area contributed by atoms with Crippen molar-refractivity contribution in [1.82, 2.24) is 28.2 Å². The van der Waals surface area contributed by atoms with Crippen LogP contribution in [0.1, 0.15) is 22.3 Å². The molecule has 3 aliphatic carbocycles. The summed E-state index contributed by atoms with van der Waals surface area (Å²) in [6, 6.07) is 169. The zero-order chi connectivity index (χ0) is 87.5. The van der Waals surface area contributed by atoms with Crippen LogP contribution in [0.15, 0.2) is 461 Å². The predicted molar refractivity (Wildman–Crippen MR) is 561 cm³/mol. The number of pyridine rings is 3. The molecule has 618 valence electrons. The van der Waals surface area contributed by atoms with Crippen molar-refractivity contribution in [2.24, 2.45) is 0 Å². The van der Waals surface area contributed by atoms with Crippen LogP contribution >= 0.6 is 0 Å². The standard InChI is InChI=1S/C48H28N2.C45H26N2.C35H22N2/c1-2-12-30-27-39-37(25-29(30)11-1)38-26-31(22-24-45(38)50-46-20-10-9-19-44(46)49-47(39)50)32-21-23-36-35-15-5-8-18-42(35)48(43(36)28-32)40-16-6-3-13-33(40)34-14-4-7-17-41(34)48;1-2-10-29-26-40-38(24-28(29)9-1)39-25-30(19-22-42(39)47-43-18-6-5-17-41(43)46-45(40)47)27-11-7-12-31(23-27)32-20-21-37-34-14-4-3-13-33(34)36-16-8-15-35(32)44(36)37;1-2-8-23(9-3-1)24-14-16-25(17-15-24)27-19-20-29-33(22-27)37-32-13-7-6-12-31(32)36-35(37)30-21-18-26-10-4-5-11-28(26)34(29)30/h1-28H;1-26H;1-22H. The van der Waals surface area contributed by atoms with E-state index in [0.717, 1.165) is 50.0 Å². The van der Waals surface area contributed by atoms with Gasteiger partial charge < -0.3 is 0 Å². The molecule has 0 atom stereocenters. The van der Waals surface area contributed by atoms with Crippen LogP contribution in [-0.4, -0.2) is 28.2 Å². The number of benzene rings is 22. The number of rotatable bonds is 5. The van der Waals surface area contributed by atoms with Gasteiger partial charge in [0.1, 0.15) is 16.9 Å². The van der Waals surface area contributed by atoms with Gasteiger partial charge in [-0.05, 0) is 285 Å². The minimum atomic E-state index is -0.362. The second-order valence-electron chi connectivity index (χ2n) is 36.3. The third kappa shape index (κ3) is 10.8. The monoisotopic (exact) mass is 1700 g/mol. The fraction of sp³-hybridized carbons (Fsp3) is 0.00781. The fourth-order valence-electron chi connectivity index (χ4n) is 23.4. The smallest absolute Gasteiger partial charge is 0.146 e. The molecule has 0 bridgehead atoms. The molecule has 6 heteroatoms. The van der Waals surface area contributed by atoms with E-state index >= 15 is 0 Å². The quantitative estimate of drug-likeness (QED) is 0.127. The first-order valence-corrected chi connectivity index (χ1v) is 46.3. The maximum Gasteiger partial charge on any atom is 0.146 e. The normalized spacial score (nSPS) is 12.7. The van der Waals surface area contributed by atoms with Gasteiger partial charge >= 0.3 is 0 Å². The average Bonchev–Trinajstić information content (AvgIpc) is 1.50. The molecule has 6 nitrogen and oxygen atoms in total. The molecular weight excluding hydrogens is 1620 g/mol. The number of nitrogens with zero attached hydrogens (tertiary/aromatic N) is 6. The van der Waals surface area contributed by atoms with Crippen LogP contribution in [0.25, 0.3) is 258 Å². The summed E-state index contributed by atoms with van der Waals surface area (Å²) in [6.07, 6.45) is 0. The Morgan fingerprint density at radius 3 is 1.08 bits per heavy atom. The highest BCUT2D eigenvalue weighted by atomic mass is 15.0. The van der Waals surface area contributed by atoms with Crippen LogP contribution in [0.2, 0.25) is 0 Å². The number of hydrogen-bond donors (Lipinski definition) is 0. The predicted octanol–water partition coefficient (Wildman–Crippen LogP) is 33.3. The summed E-state index contributed by atoms with van der Waals surface area (Å²) in [5.74, 6) is 0. The highest BCUT2D eigenvalue weighted by Crippen LogP contribution is 2.64. The summed E-state index contributed by atoms with van der Waals surface area (Å²) in [4.78, 5) is 15.4. The van der Waals surface area contributed by atoms with Crippen molar-refractivity contribution in [3.63, 3.8) is 0 Å². The van der Waals surface area contributed by atoms with Crippen LogP contribution in [0, 0.1) is 0 Å². The summed E-state index contributed by atoms with van der Waals surface area (Å²) < 4.78 is 7.03. The number of aromatic nitrogens is 6. The van der Waals surface area contributed by atoms with E-state index in [1.807, 2.05) is 0 Å². The van der Waals surface area contributed by atoms with E-state index in [9.17, 15) is 0 Å². The van der Waals surface area contributed by atoms with Gasteiger partial charge in [0, 0.05) is 37.7 Å². The molecule has 0 saturated carbocycles. The molecule has 0 aliphatic heterocycles. The van der Waals surface area contributed by atoms with Crippen LogP contribution in [-0.2, 0) is 5.41 Å². The summed E-state index contributed by atoms with van der Waals surface area (Å²) in [5.41, 5.74) is 40.9. The molecule has 3 aliphatic rings. The van der Waals surface area contributed by atoms with E-state index in [4.69, 9.17) is 15.0 Å². The molecule has 31 rings (SSSR count). The molecule has 134 heavy (non-hydrogen) atoms. The van der Waals surface area contributed by atoms with Crippen LogP contribution in [0.3, 0.4) is 0 Å². The first kappa shape index (κ1) is 74.2. The molecule has 0 N–H and O–H groups in total. The second-order valence-corrected chi connectivity index (χ2v) is 36.3. The molecule has 22 aromatic carbocycles. The van der Waals surface area contributed by atoms with Crippen LogP contribution in [0.4, 0.5) is 0 Å². The SMILES string of the molecule is c1cc(-c2ccc3c(c2)c2cc4ccccc4cc2c2nc4ccccc4n32)cc(-c2ccc3c4c(cccc24)-c2ccccc2-3)c1.c1ccc(-c2ccc(-c3ccc4c5c6ccccc6ccc5c5nc6ccccc6n5c4c3)cc2)cc1.c1ccc2c(c1)-c1ccccc1C21c2ccccc2-c2ccc(-c3ccc4c(c3)c3cc5ccccc5cc3c3nc5ccccc5n43)cc21. The molecule has 6 aromatic heterocycles. The van der Waals surface area contributed by atoms with Gasteiger partial charge in [-0.3, -0.25) is 13.2 Å². The second kappa shape index (κ2) is 28.6. The topological polar surface area (TPSA) is 51.9 Å². The number of para-hydroxylation sites is 6. The van der Waals surface area contributed by atoms with Crippen molar-refractivity contribution in [3.05, 3.63) is 483 Å². The van der Waals surface area contributed by atoms with Crippen LogP contribution < -0.4 is 0 Å². The maximum atomic E-state index is 5.18. The Kier molecular flexibility index (Phi) is 15.9. The van der Waals surface area contributed by atoms with Gasteiger partial charge in [-0.2, -0.15) is 0 Å². The van der Waals surface area contributed by atoms with Gasteiger partial charge in [0.25, 0.3) is 0 Å².